The van der Waals surface area contributed by atoms with Gasteiger partial charge in [0, 0.05) is 24.1 Å². The SMILES string of the molecule is C[C@H](CNC(=O)[C@@H](O)C(C)(C)CO)C(=O)Nc1cc(F)c(F)cc1F. The van der Waals surface area contributed by atoms with E-state index in [9.17, 15) is 27.9 Å². The number of aliphatic hydroxyl groups is 2. The Bertz CT molecular complexity index is 653. The van der Waals surface area contributed by atoms with Crippen molar-refractivity contribution in [1.29, 1.82) is 0 Å². The van der Waals surface area contributed by atoms with E-state index < -0.39 is 59.0 Å². The third kappa shape index (κ3) is 5.43. The van der Waals surface area contributed by atoms with Gasteiger partial charge in [0.2, 0.25) is 11.8 Å². The number of hydrogen-bond acceptors (Lipinski definition) is 4. The molecular weight excluding hydrogens is 341 g/mol. The molecule has 0 aliphatic heterocycles. The topological polar surface area (TPSA) is 98.7 Å². The fourth-order valence-corrected chi connectivity index (χ4v) is 1.76. The van der Waals surface area contributed by atoms with E-state index in [-0.39, 0.29) is 6.54 Å². The van der Waals surface area contributed by atoms with Gasteiger partial charge in [-0.1, -0.05) is 20.8 Å². The monoisotopic (exact) mass is 362 g/mol. The molecule has 0 bridgehead atoms. The van der Waals surface area contributed by atoms with Gasteiger partial charge in [0.25, 0.3) is 0 Å². The number of amides is 2. The number of benzene rings is 1. The minimum Gasteiger partial charge on any atom is -0.396 e. The summed E-state index contributed by atoms with van der Waals surface area (Å²) in [4.78, 5) is 23.8. The van der Waals surface area contributed by atoms with Crippen LogP contribution < -0.4 is 10.6 Å². The standard InChI is InChI=1S/C16H21F3N2O4/c1-8(6-20-15(25)13(23)16(2,3)7-22)14(24)21-12-5-10(18)9(17)4-11(12)19/h4-5,8,13,22-23H,6-7H2,1-3H3,(H,20,25)(H,21,24)/t8-,13-/m1/s1. The molecule has 0 aliphatic carbocycles. The number of hydrogen-bond donors (Lipinski definition) is 4. The summed E-state index contributed by atoms with van der Waals surface area (Å²) in [5, 5.41) is 23.4. The second kappa shape index (κ2) is 8.30. The molecule has 0 heterocycles. The van der Waals surface area contributed by atoms with E-state index in [2.05, 4.69) is 10.6 Å². The summed E-state index contributed by atoms with van der Waals surface area (Å²) in [6, 6.07) is 0.826. The van der Waals surface area contributed by atoms with Crippen molar-refractivity contribution >= 4 is 17.5 Å². The zero-order valence-corrected chi connectivity index (χ0v) is 14.1. The van der Waals surface area contributed by atoms with E-state index in [0.29, 0.717) is 12.1 Å². The summed E-state index contributed by atoms with van der Waals surface area (Å²) in [6.45, 7) is 3.77. The maximum Gasteiger partial charge on any atom is 0.249 e. The lowest BCUT2D eigenvalue weighted by atomic mass is 9.87. The van der Waals surface area contributed by atoms with E-state index in [0.717, 1.165) is 0 Å². The summed E-state index contributed by atoms with van der Waals surface area (Å²) in [6.07, 6.45) is -1.49. The van der Waals surface area contributed by atoms with E-state index in [4.69, 9.17) is 5.11 Å². The van der Waals surface area contributed by atoms with E-state index in [1.165, 1.54) is 20.8 Å². The van der Waals surface area contributed by atoms with Crippen molar-refractivity contribution in [3.8, 4) is 0 Å². The second-order valence-corrected chi connectivity index (χ2v) is 6.43. The Morgan fingerprint density at radius 1 is 1.12 bits per heavy atom. The number of nitrogens with one attached hydrogen (secondary N) is 2. The molecule has 2 amide bonds. The van der Waals surface area contributed by atoms with Crippen molar-refractivity contribution in [2.75, 3.05) is 18.5 Å². The Balaban J connectivity index is 2.63. The van der Waals surface area contributed by atoms with Crippen molar-refractivity contribution in [3.05, 3.63) is 29.6 Å². The number of aliphatic hydroxyl groups excluding tert-OH is 2. The molecule has 0 fully saturated rings. The number of anilines is 1. The Morgan fingerprint density at radius 3 is 2.24 bits per heavy atom. The van der Waals surface area contributed by atoms with Crippen molar-refractivity contribution < 1.29 is 33.0 Å². The summed E-state index contributed by atoms with van der Waals surface area (Å²) < 4.78 is 39.4. The molecule has 140 valence electrons. The highest BCUT2D eigenvalue weighted by Gasteiger charge is 2.33. The highest BCUT2D eigenvalue weighted by molar-refractivity contribution is 5.93. The Kier molecular flexibility index (Phi) is 6.95. The van der Waals surface area contributed by atoms with Gasteiger partial charge in [-0.2, -0.15) is 0 Å². The summed E-state index contributed by atoms with van der Waals surface area (Å²) in [5.41, 5.74) is -1.59. The molecule has 25 heavy (non-hydrogen) atoms. The molecule has 1 rings (SSSR count). The molecule has 0 unspecified atom stereocenters. The fourth-order valence-electron chi connectivity index (χ4n) is 1.76. The molecule has 0 spiro atoms. The van der Waals surface area contributed by atoms with Crippen LogP contribution in [0.3, 0.4) is 0 Å². The third-order valence-corrected chi connectivity index (χ3v) is 3.69. The Morgan fingerprint density at radius 2 is 1.68 bits per heavy atom. The van der Waals surface area contributed by atoms with E-state index in [1.807, 2.05) is 0 Å². The average molecular weight is 362 g/mol. The molecular formula is C16H21F3N2O4. The van der Waals surface area contributed by atoms with Crippen molar-refractivity contribution in [2.24, 2.45) is 11.3 Å². The van der Waals surface area contributed by atoms with Crippen LogP contribution in [0.5, 0.6) is 0 Å². The highest BCUT2D eigenvalue weighted by atomic mass is 19.2. The zero-order valence-electron chi connectivity index (χ0n) is 14.1. The van der Waals surface area contributed by atoms with Gasteiger partial charge < -0.3 is 20.8 Å². The summed E-state index contributed by atoms with van der Waals surface area (Å²) in [5.74, 6) is -6.19. The molecule has 6 nitrogen and oxygen atoms in total. The Labute approximate surface area is 143 Å². The van der Waals surface area contributed by atoms with E-state index in [1.54, 1.807) is 0 Å². The van der Waals surface area contributed by atoms with Gasteiger partial charge in [0.15, 0.2) is 11.6 Å². The minimum atomic E-state index is -1.49. The van der Waals surface area contributed by atoms with E-state index >= 15 is 0 Å². The van der Waals surface area contributed by atoms with Crippen LogP contribution >= 0.6 is 0 Å². The number of rotatable bonds is 7. The number of halogens is 3. The van der Waals surface area contributed by atoms with Gasteiger partial charge in [-0.25, -0.2) is 13.2 Å². The lowest BCUT2D eigenvalue weighted by molar-refractivity contribution is -0.137. The smallest absolute Gasteiger partial charge is 0.249 e. The van der Waals surface area contributed by atoms with Crippen LogP contribution in [0.25, 0.3) is 0 Å². The molecule has 1 aromatic rings. The van der Waals surface area contributed by atoms with Crippen LogP contribution in [0.4, 0.5) is 18.9 Å². The lowest BCUT2D eigenvalue weighted by Gasteiger charge is -2.27. The number of carbonyl (C=O) groups excluding carboxylic acids is 2. The second-order valence-electron chi connectivity index (χ2n) is 6.43. The molecule has 1 aromatic carbocycles. The normalized spacial score (nSPS) is 13.9. The minimum absolute atomic E-state index is 0.186. The molecule has 2 atom stereocenters. The molecule has 0 aliphatic rings. The van der Waals surface area contributed by atoms with Gasteiger partial charge >= 0.3 is 0 Å². The van der Waals surface area contributed by atoms with Gasteiger partial charge in [-0.3, -0.25) is 9.59 Å². The highest BCUT2D eigenvalue weighted by Crippen LogP contribution is 2.20. The maximum atomic E-state index is 13.5. The molecule has 9 heteroatoms. The lowest BCUT2D eigenvalue weighted by Crippen LogP contribution is -2.47. The maximum absolute atomic E-state index is 13.5. The fraction of sp³-hybridized carbons (Fsp3) is 0.500. The van der Waals surface area contributed by atoms with Gasteiger partial charge in [-0.15, -0.1) is 0 Å². The van der Waals surface area contributed by atoms with Crippen LogP contribution in [-0.2, 0) is 9.59 Å². The van der Waals surface area contributed by atoms with Crippen LogP contribution in [0.15, 0.2) is 12.1 Å². The number of carbonyl (C=O) groups is 2. The first-order valence-electron chi connectivity index (χ1n) is 7.51. The zero-order chi connectivity index (χ0) is 19.4. The molecule has 0 radical (unpaired) electrons. The predicted octanol–water partition coefficient (Wildman–Crippen LogP) is 1.17. The van der Waals surface area contributed by atoms with Crippen LogP contribution in [0, 0.1) is 28.8 Å². The Hall–Kier alpha value is -2.13. The molecule has 4 N–H and O–H groups in total. The third-order valence-electron chi connectivity index (χ3n) is 3.69. The van der Waals surface area contributed by atoms with Gasteiger partial charge in [-0.05, 0) is 0 Å². The average Bonchev–Trinajstić information content (AvgIpc) is 2.56. The predicted molar refractivity (Wildman–Crippen MR) is 84.0 cm³/mol. The van der Waals surface area contributed by atoms with Crippen LogP contribution in [0.2, 0.25) is 0 Å². The first kappa shape index (κ1) is 20.9. The molecule has 0 saturated heterocycles. The van der Waals surface area contributed by atoms with Crippen molar-refractivity contribution in [2.45, 2.75) is 26.9 Å². The van der Waals surface area contributed by atoms with Gasteiger partial charge in [0.1, 0.15) is 11.9 Å². The van der Waals surface area contributed by atoms with Crippen molar-refractivity contribution in [1.82, 2.24) is 5.32 Å². The molecule has 0 saturated carbocycles. The largest absolute Gasteiger partial charge is 0.396 e. The van der Waals surface area contributed by atoms with Gasteiger partial charge in [0.05, 0.1) is 18.2 Å². The van der Waals surface area contributed by atoms with Crippen LogP contribution in [-0.4, -0.2) is 41.3 Å². The quantitative estimate of drug-likeness (QED) is 0.548. The van der Waals surface area contributed by atoms with Crippen LogP contribution in [0.1, 0.15) is 20.8 Å². The summed E-state index contributed by atoms with van der Waals surface area (Å²) >= 11 is 0. The first-order valence-corrected chi connectivity index (χ1v) is 7.51. The van der Waals surface area contributed by atoms with Crippen molar-refractivity contribution in [3.63, 3.8) is 0 Å². The first-order chi connectivity index (χ1) is 11.5. The summed E-state index contributed by atoms with van der Waals surface area (Å²) in [7, 11) is 0. The molecule has 0 aromatic heterocycles.